The number of hydrazine groups is 1. The minimum Gasteiger partial charge on any atom is -0.366 e. The quantitative estimate of drug-likeness (QED) is 0.431. The minimum atomic E-state index is -0.955. The minimum absolute atomic E-state index is 0.0192. The van der Waals surface area contributed by atoms with Crippen LogP contribution in [0.25, 0.3) is 0 Å². The fraction of sp³-hybridized carbons (Fsp3) is 0.571. The molecule has 2 saturated heterocycles. The number of hydrogen-bond acceptors (Lipinski definition) is 6. The van der Waals surface area contributed by atoms with Crippen LogP contribution in [-0.4, -0.2) is 46.4 Å². The highest BCUT2D eigenvalue weighted by Crippen LogP contribution is 2.34. The van der Waals surface area contributed by atoms with Crippen LogP contribution in [0.3, 0.4) is 0 Å². The van der Waals surface area contributed by atoms with E-state index in [0.29, 0.717) is 29.5 Å². The molecule has 4 rings (SSSR count). The van der Waals surface area contributed by atoms with Gasteiger partial charge >= 0.3 is 6.03 Å². The smallest absolute Gasteiger partial charge is 0.344 e. The molecule has 3 fully saturated rings. The van der Waals surface area contributed by atoms with Crippen molar-refractivity contribution in [1.82, 2.24) is 15.8 Å². The van der Waals surface area contributed by atoms with Crippen LogP contribution in [0, 0.1) is 16.0 Å². The molecule has 2 N–H and O–H groups in total. The number of imide groups is 1. The molecule has 0 radical (unpaired) electrons. The highest BCUT2D eigenvalue weighted by Gasteiger charge is 2.52. The number of nitrogens with zero attached hydrogens (tertiary/aromatic N) is 3. The van der Waals surface area contributed by atoms with E-state index < -0.39 is 28.3 Å². The molecular formula is C21H27N5O5. The van der Waals surface area contributed by atoms with Gasteiger partial charge in [-0.3, -0.25) is 25.1 Å². The molecule has 0 aromatic heterocycles. The van der Waals surface area contributed by atoms with E-state index in [-0.39, 0.29) is 11.3 Å². The van der Waals surface area contributed by atoms with Crippen molar-refractivity contribution in [2.45, 2.75) is 57.4 Å². The average Bonchev–Trinajstić information content (AvgIpc) is 2.97. The van der Waals surface area contributed by atoms with E-state index in [1.165, 1.54) is 12.1 Å². The number of nitro benzene ring substituents is 1. The number of nitro groups is 1. The zero-order valence-electron chi connectivity index (χ0n) is 17.6. The molecule has 2 heterocycles. The van der Waals surface area contributed by atoms with Gasteiger partial charge in [0.15, 0.2) is 0 Å². The molecule has 1 atom stereocenters. The van der Waals surface area contributed by atoms with E-state index in [2.05, 4.69) is 17.7 Å². The van der Waals surface area contributed by atoms with Gasteiger partial charge < -0.3 is 10.2 Å². The van der Waals surface area contributed by atoms with E-state index in [0.717, 1.165) is 45.2 Å². The molecule has 10 nitrogen and oxygen atoms in total. The molecular weight excluding hydrogens is 402 g/mol. The summed E-state index contributed by atoms with van der Waals surface area (Å²) in [5.41, 5.74) is 1.71. The summed E-state index contributed by atoms with van der Waals surface area (Å²) in [6.45, 7) is 3.55. The van der Waals surface area contributed by atoms with Crippen molar-refractivity contribution in [3.8, 4) is 0 Å². The molecule has 1 saturated carbocycles. The van der Waals surface area contributed by atoms with Crippen molar-refractivity contribution in [1.29, 1.82) is 0 Å². The van der Waals surface area contributed by atoms with Crippen LogP contribution in [0.4, 0.5) is 16.2 Å². The van der Waals surface area contributed by atoms with E-state index in [1.54, 1.807) is 6.07 Å². The number of piperidine rings is 1. The Kier molecular flexibility index (Phi) is 5.55. The maximum absolute atomic E-state index is 12.8. The van der Waals surface area contributed by atoms with Crippen LogP contribution in [0.2, 0.25) is 0 Å². The molecule has 1 aromatic carbocycles. The van der Waals surface area contributed by atoms with Gasteiger partial charge in [-0.2, -0.15) is 5.01 Å². The second-order valence-electron chi connectivity index (χ2n) is 8.81. The highest BCUT2D eigenvalue weighted by atomic mass is 16.6. The highest BCUT2D eigenvalue weighted by molar-refractivity contribution is 6.09. The summed E-state index contributed by atoms with van der Waals surface area (Å²) >= 11 is 0. The van der Waals surface area contributed by atoms with Gasteiger partial charge in [-0.1, -0.05) is 26.2 Å². The van der Waals surface area contributed by atoms with Crippen LogP contribution in [-0.2, 0) is 4.79 Å². The lowest BCUT2D eigenvalue weighted by Gasteiger charge is -2.32. The van der Waals surface area contributed by atoms with Crippen LogP contribution < -0.4 is 15.6 Å². The number of nitrogens with one attached hydrogen (secondary N) is 2. The van der Waals surface area contributed by atoms with Crippen LogP contribution in [0.15, 0.2) is 18.2 Å². The summed E-state index contributed by atoms with van der Waals surface area (Å²) in [4.78, 5) is 51.1. The van der Waals surface area contributed by atoms with E-state index in [1.807, 2.05) is 4.90 Å². The Morgan fingerprint density at radius 2 is 1.97 bits per heavy atom. The topological polar surface area (TPSA) is 125 Å². The van der Waals surface area contributed by atoms with Gasteiger partial charge in [0.1, 0.15) is 11.2 Å². The van der Waals surface area contributed by atoms with Crippen LogP contribution in [0.1, 0.15) is 62.2 Å². The number of benzene rings is 1. The Labute approximate surface area is 180 Å². The SMILES string of the molecule is C[C@H]1CCCN(c2ccc(C(=O)NN3C(=O)NC4(CCCCC4)C3=O)cc2[N+](=O)[O-])C1. The molecule has 4 amide bonds. The van der Waals surface area contributed by atoms with Gasteiger partial charge in [0.2, 0.25) is 0 Å². The van der Waals surface area contributed by atoms with Crippen molar-refractivity contribution in [3.63, 3.8) is 0 Å². The number of rotatable bonds is 4. The monoisotopic (exact) mass is 429 g/mol. The molecule has 0 unspecified atom stereocenters. The summed E-state index contributed by atoms with van der Waals surface area (Å²) in [5, 5.41) is 15.1. The lowest BCUT2D eigenvalue weighted by atomic mass is 9.82. The van der Waals surface area contributed by atoms with E-state index >= 15 is 0 Å². The Bertz CT molecular complexity index is 927. The van der Waals surface area contributed by atoms with Gasteiger partial charge in [-0.25, -0.2) is 4.79 Å². The standard InChI is InChI=1S/C21H27N5O5/c1-14-6-5-11-24(13-14)16-8-7-15(12-17(16)26(30)31)18(27)23-25-19(28)21(22-20(25)29)9-3-2-4-10-21/h7-8,12,14H,2-6,9-11,13H2,1H3,(H,22,29)(H,23,27)/t14-/m0/s1. The Balaban J connectivity index is 1.53. The second-order valence-corrected chi connectivity index (χ2v) is 8.81. The summed E-state index contributed by atoms with van der Waals surface area (Å²) < 4.78 is 0. The molecule has 0 bridgehead atoms. The summed E-state index contributed by atoms with van der Waals surface area (Å²) in [6, 6.07) is 3.60. The first-order chi connectivity index (χ1) is 14.8. The predicted octanol–water partition coefficient (Wildman–Crippen LogP) is 2.73. The Hall–Kier alpha value is -3.17. The number of carbonyl (C=O) groups excluding carboxylic acids is 3. The van der Waals surface area contributed by atoms with Crippen molar-refractivity contribution in [2.24, 2.45) is 5.92 Å². The fourth-order valence-corrected chi connectivity index (χ4v) is 4.87. The van der Waals surface area contributed by atoms with Crippen LogP contribution >= 0.6 is 0 Å². The first-order valence-corrected chi connectivity index (χ1v) is 10.8. The van der Waals surface area contributed by atoms with Crippen molar-refractivity contribution >= 4 is 29.2 Å². The zero-order chi connectivity index (χ0) is 22.2. The average molecular weight is 429 g/mol. The summed E-state index contributed by atoms with van der Waals surface area (Å²) in [5.74, 6) is -0.778. The zero-order valence-corrected chi connectivity index (χ0v) is 17.6. The lowest BCUT2D eigenvalue weighted by Crippen LogP contribution is -2.50. The Morgan fingerprint density at radius 3 is 2.65 bits per heavy atom. The molecule has 31 heavy (non-hydrogen) atoms. The third kappa shape index (κ3) is 3.94. The molecule has 1 aliphatic carbocycles. The van der Waals surface area contributed by atoms with Crippen molar-refractivity contribution in [2.75, 3.05) is 18.0 Å². The van der Waals surface area contributed by atoms with E-state index in [9.17, 15) is 24.5 Å². The third-order valence-corrected chi connectivity index (χ3v) is 6.51. The maximum Gasteiger partial charge on any atom is 0.344 e. The summed E-state index contributed by atoms with van der Waals surface area (Å²) in [6.07, 6.45) is 5.78. The number of carbonyl (C=O) groups is 3. The molecule has 10 heteroatoms. The molecule has 3 aliphatic rings. The number of amides is 4. The fourth-order valence-electron chi connectivity index (χ4n) is 4.87. The van der Waals surface area contributed by atoms with Gasteiger partial charge in [-0.05, 0) is 43.7 Å². The van der Waals surface area contributed by atoms with Gasteiger partial charge in [0.05, 0.1) is 4.92 Å². The van der Waals surface area contributed by atoms with Crippen molar-refractivity contribution in [3.05, 3.63) is 33.9 Å². The maximum atomic E-state index is 12.8. The van der Waals surface area contributed by atoms with E-state index in [4.69, 9.17) is 0 Å². The van der Waals surface area contributed by atoms with Gasteiger partial charge in [-0.15, -0.1) is 0 Å². The summed E-state index contributed by atoms with van der Waals surface area (Å²) in [7, 11) is 0. The number of anilines is 1. The second kappa shape index (κ2) is 8.16. The Morgan fingerprint density at radius 1 is 1.23 bits per heavy atom. The van der Waals surface area contributed by atoms with Gasteiger partial charge in [0.25, 0.3) is 17.5 Å². The molecule has 2 aliphatic heterocycles. The van der Waals surface area contributed by atoms with Crippen molar-refractivity contribution < 1.29 is 19.3 Å². The van der Waals surface area contributed by atoms with Crippen LogP contribution in [0.5, 0.6) is 0 Å². The molecule has 166 valence electrons. The first-order valence-electron chi connectivity index (χ1n) is 10.8. The number of hydrogen-bond donors (Lipinski definition) is 2. The predicted molar refractivity (Wildman–Crippen MR) is 112 cm³/mol. The first kappa shape index (κ1) is 21.1. The normalized spacial score (nSPS) is 23.1. The van der Waals surface area contributed by atoms with Gasteiger partial charge in [0, 0.05) is 24.7 Å². The molecule has 1 spiro atoms. The number of urea groups is 1. The lowest BCUT2D eigenvalue weighted by molar-refractivity contribution is -0.384. The third-order valence-electron chi connectivity index (χ3n) is 6.51. The molecule has 1 aromatic rings. The largest absolute Gasteiger partial charge is 0.366 e.